The van der Waals surface area contributed by atoms with Crippen LogP contribution in [-0.4, -0.2) is 21.1 Å². The van der Waals surface area contributed by atoms with Crippen LogP contribution < -0.4 is 0 Å². The number of carbonyl (C=O) groups excluding carboxylic acids is 1. The van der Waals surface area contributed by atoms with E-state index in [1.54, 1.807) is 17.5 Å². The number of aromatic nitrogens is 3. The fourth-order valence-corrected chi connectivity index (χ4v) is 2.90. The van der Waals surface area contributed by atoms with Gasteiger partial charge in [-0.1, -0.05) is 23.4 Å². The number of rotatable bonds is 4. The van der Waals surface area contributed by atoms with Crippen LogP contribution in [0.25, 0.3) is 22.3 Å². The third-order valence-electron chi connectivity index (χ3n) is 3.38. The van der Waals surface area contributed by atoms with E-state index in [0.717, 1.165) is 16.5 Å². The second-order valence-electron chi connectivity index (χ2n) is 4.85. The number of carbonyl (C=O) groups is 1. The van der Waals surface area contributed by atoms with Gasteiger partial charge in [-0.15, -0.1) is 0 Å². The van der Waals surface area contributed by atoms with Crippen molar-refractivity contribution in [1.29, 1.82) is 0 Å². The van der Waals surface area contributed by atoms with Gasteiger partial charge in [-0.25, -0.2) is 4.79 Å². The zero-order chi connectivity index (χ0) is 15.6. The Labute approximate surface area is 134 Å². The largest absolute Gasteiger partial charge is 0.452 e. The molecule has 0 saturated carbocycles. The Balaban J connectivity index is 1.48. The smallest absolute Gasteiger partial charge is 0.340 e. The summed E-state index contributed by atoms with van der Waals surface area (Å²) in [4.78, 5) is 19.4. The molecule has 0 aliphatic heterocycles. The molecule has 0 saturated heterocycles. The highest BCUT2D eigenvalue weighted by atomic mass is 32.1. The molecule has 3 aromatic heterocycles. The zero-order valence-electron chi connectivity index (χ0n) is 11.9. The van der Waals surface area contributed by atoms with E-state index < -0.39 is 5.97 Å². The lowest BCUT2D eigenvalue weighted by Crippen LogP contribution is -2.04. The number of H-pyrrole nitrogens is 1. The lowest BCUT2D eigenvalue weighted by atomic mass is 10.2. The average Bonchev–Trinajstić information content (AvgIpc) is 3.31. The summed E-state index contributed by atoms with van der Waals surface area (Å²) >= 11 is 1.55. The number of aromatic amines is 1. The molecule has 0 aliphatic rings. The number of benzene rings is 1. The highest BCUT2D eigenvalue weighted by Gasteiger charge is 2.15. The maximum atomic E-state index is 12.2. The van der Waals surface area contributed by atoms with Crippen molar-refractivity contribution in [3.8, 4) is 11.4 Å². The van der Waals surface area contributed by atoms with Gasteiger partial charge in [-0.3, -0.25) is 0 Å². The number of para-hydroxylation sites is 1. The van der Waals surface area contributed by atoms with Crippen molar-refractivity contribution in [3.63, 3.8) is 0 Å². The molecule has 23 heavy (non-hydrogen) atoms. The third-order valence-corrected chi connectivity index (χ3v) is 4.07. The van der Waals surface area contributed by atoms with Crippen LogP contribution in [0.1, 0.15) is 16.2 Å². The predicted molar refractivity (Wildman–Crippen MR) is 85.0 cm³/mol. The van der Waals surface area contributed by atoms with Crippen molar-refractivity contribution < 1.29 is 14.1 Å². The topological polar surface area (TPSA) is 81.0 Å². The van der Waals surface area contributed by atoms with Gasteiger partial charge in [0, 0.05) is 28.0 Å². The summed E-state index contributed by atoms with van der Waals surface area (Å²) in [5.74, 6) is 0.321. The minimum absolute atomic E-state index is 0.0600. The molecule has 7 heteroatoms. The SMILES string of the molecule is O=C(OCc1nc(-c2ccsc2)no1)c1c[nH]c2ccccc12. The molecule has 0 atom stereocenters. The van der Waals surface area contributed by atoms with Crippen molar-refractivity contribution in [3.05, 3.63) is 58.7 Å². The second-order valence-corrected chi connectivity index (χ2v) is 5.63. The molecule has 0 aliphatic carbocycles. The number of esters is 1. The molecule has 0 bridgehead atoms. The quantitative estimate of drug-likeness (QED) is 0.579. The Hall–Kier alpha value is -2.93. The van der Waals surface area contributed by atoms with E-state index in [9.17, 15) is 4.79 Å². The van der Waals surface area contributed by atoms with Crippen molar-refractivity contribution in [2.75, 3.05) is 0 Å². The molecule has 114 valence electrons. The molecule has 1 aromatic carbocycles. The first-order valence-electron chi connectivity index (χ1n) is 6.89. The summed E-state index contributed by atoms with van der Waals surface area (Å²) in [6, 6.07) is 9.44. The third kappa shape index (κ3) is 2.62. The fraction of sp³-hybridized carbons (Fsp3) is 0.0625. The molecule has 0 spiro atoms. The van der Waals surface area contributed by atoms with Crippen molar-refractivity contribution in [2.45, 2.75) is 6.61 Å². The predicted octanol–water partition coefficient (Wildman–Crippen LogP) is 3.64. The number of nitrogens with one attached hydrogen (secondary N) is 1. The summed E-state index contributed by atoms with van der Waals surface area (Å²) in [6.07, 6.45) is 1.64. The number of fused-ring (bicyclic) bond motifs is 1. The molecule has 0 amide bonds. The Morgan fingerprint density at radius 2 is 2.22 bits per heavy atom. The van der Waals surface area contributed by atoms with Crippen molar-refractivity contribution in [2.24, 2.45) is 0 Å². The highest BCUT2D eigenvalue weighted by Crippen LogP contribution is 2.20. The lowest BCUT2D eigenvalue weighted by molar-refractivity contribution is 0.0432. The second kappa shape index (κ2) is 5.69. The Morgan fingerprint density at radius 1 is 1.30 bits per heavy atom. The number of nitrogens with zero attached hydrogens (tertiary/aromatic N) is 2. The molecule has 0 fully saturated rings. The first-order valence-corrected chi connectivity index (χ1v) is 7.84. The normalized spacial score (nSPS) is 11.0. The first kappa shape index (κ1) is 13.7. The van der Waals surface area contributed by atoms with Crippen LogP contribution in [0.4, 0.5) is 0 Å². The first-order chi connectivity index (χ1) is 11.3. The highest BCUT2D eigenvalue weighted by molar-refractivity contribution is 7.08. The van der Waals surface area contributed by atoms with E-state index in [1.807, 2.05) is 41.1 Å². The van der Waals surface area contributed by atoms with Gasteiger partial charge in [-0.2, -0.15) is 16.3 Å². The van der Waals surface area contributed by atoms with Crippen LogP contribution in [0.5, 0.6) is 0 Å². The summed E-state index contributed by atoms with van der Waals surface area (Å²) in [5, 5.41) is 8.55. The van der Waals surface area contributed by atoms with E-state index in [-0.39, 0.29) is 12.5 Å². The van der Waals surface area contributed by atoms with E-state index in [2.05, 4.69) is 15.1 Å². The monoisotopic (exact) mass is 325 g/mol. The number of thiophene rings is 1. The van der Waals surface area contributed by atoms with Crippen LogP contribution in [0.15, 0.2) is 51.8 Å². The van der Waals surface area contributed by atoms with Crippen LogP contribution in [0.2, 0.25) is 0 Å². The van der Waals surface area contributed by atoms with E-state index in [4.69, 9.17) is 9.26 Å². The van der Waals surface area contributed by atoms with Gasteiger partial charge < -0.3 is 14.2 Å². The minimum Gasteiger partial charge on any atom is -0.452 e. The molecular formula is C16H11N3O3S. The summed E-state index contributed by atoms with van der Waals surface area (Å²) in [6.45, 7) is -0.0600. The maximum Gasteiger partial charge on any atom is 0.340 e. The summed E-state index contributed by atoms with van der Waals surface area (Å²) in [7, 11) is 0. The number of hydrogen-bond acceptors (Lipinski definition) is 6. The van der Waals surface area contributed by atoms with E-state index in [1.165, 1.54) is 0 Å². The van der Waals surface area contributed by atoms with Gasteiger partial charge in [-0.05, 0) is 17.5 Å². The molecule has 0 unspecified atom stereocenters. The van der Waals surface area contributed by atoms with E-state index in [0.29, 0.717) is 11.4 Å². The minimum atomic E-state index is -0.433. The van der Waals surface area contributed by atoms with E-state index >= 15 is 0 Å². The average molecular weight is 325 g/mol. The number of hydrogen-bond donors (Lipinski definition) is 1. The van der Waals surface area contributed by atoms with Crippen molar-refractivity contribution >= 4 is 28.2 Å². The Bertz CT molecular complexity index is 956. The molecule has 6 nitrogen and oxygen atoms in total. The summed E-state index contributed by atoms with van der Waals surface area (Å²) in [5.41, 5.74) is 2.25. The van der Waals surface area contributed by atoms with Gasteiger partial charge >= 0.3 is 5.97 Å². The van der Waals surface area contributed by atoms with Gasteiger partial charge in [0.25, 0.3) is 5.89 Å². The van der Waals surface area contributed by atoms with Crippen LogP contribution in [0.3, 0.4) is 0 Å². The number of ether oxygens (including phenoxy) is 1. The maximum absolute atomic E-state index is 12.2. The van der Waals surface area contributed by atoms with Gasteiger partial charge in [0.2, 0.25) is 5.82 Å². The van der Waals surface area contributed by atoms with Gasteiger partial charge in [0.15, 0.2) is 6.61 Å². The zero-order valence-corrected chi connectivity index (χ0v) is 12.7. The summed E-state index contributed by atoms with van der Waals surface area (Å²) < 4.78 is 10.4. The fourth-order valence-electron chi connectivity index (χ4n) is 2.27. The molecule has 4 rings (SSSR count). The van der Waals surface area contributed by atoms with Crippen LogP contribution >= 0.6 is 11.3 Å². The molecule has 4 aromatic rings. The molecule has 3 heterocycles. The van der Waals surface area contributed by atoms with Gasteiger partial charge in [0.05, 0.1) is 5.56 Å². The van der Waals surface area contributed by atoms with Crippen molar-refractivity contribution in [1.82, 2.24) is 15.1 Å². The molecule has 0 radical (unpaired) electrons. The van der Waals surface area contributed by atoms with Crippen LogP contribution in [0, 0.1) is 0 Å². The molecular weight excluding hydrogens is 314 g/mol. The Kier molecular flexibility index (Phi) is 3.39. The van der Waals surface area contributed by atoms with Crippen LogP contribution in [-0.2, 0) is 11.3 Å². The van der Waals surface area contributed by atoms with Gasteiger partial charge in [0.1, 0.15) is 0 Å². The standard InChI is InChI=1S/C16H11N3O3S/c20-16(12-7-17-13-4-2-1-3-11(12)13)21-8-14-18-15(19-22-14)10-5-6-23-9-10/h1-7,9,17H,8H2. The molecule has 1 N–H and O–H groups in total. The Morgan fingerprint density at radius 3 is 3.09 bits per heavy atom. The lowest BCUT2D eigenvalue weighted by Gasteiger charge is -2.00.